The van der Waals surface area contributed by atoms with Gasteiger partial charge < -0.3 is 15.6 Å². The number of nitrogens with two attached hydrogens (primary N) is 1. The van der Waals surface area contributed by atoms with E-state index in [2.05, 4.69) is 0 Å². The number of benzene rings is 2. The lowest BCUT2D eigenvalue weighted by molar-refractivity contribution is 0.00642. The number of aliphatic hydroxyl groups is 1. The highest BCUT2D eigenvalue weighted by atomic mass is 19.1. The fourth-order valence-corrected chi connectivity index (χ4v) is 1.89. The zero-order chi connectivity index (χ0) is 14.6. The van der Waals surface area contributed by atoms with Gasteiger partial charge in [-0.25, -0.2) is 4.39 Å². The van der Waals surface area contributed by atoms with Crippen LogP contribution < -0.4 is 10.5 Å². The SMILES string of the molecule is CC(O)(COc1ccc(CN)cc1F)c1ccccc1. The highest BCUT2D eigenvalue weighted by molar-refractivity contribution is 5.30. The summed E-state index contributed by atoms with van der Waals surface area (Å²) in [7, 11) is 0. The molecule has 106 valence electrons. The van der Waals surface area contributed by atoms with Crippen molar-refractivity contribution in [2.24, 2.45) is 5.73 Å². The van der Waals surface area contributed by atoms with Crippen LogP contribution in [0.2, 0.25) is 0 Å². The monoisotopic (exact) mass is 275 g/mol. The molecule has 0 fully saturated rings. The fraction of sp³-hybridized carbons (Fsp3) is 0.250. The molecule has 0 heterocycles. The molecule has 0 spiro atoms. The summed E-state index contributed by atoms with van der Waals surface area (Å²) in [5.41, 5.74) is 5.68. The van der Waals surface area contributed by atoms with Gasteiger partial charge in [-0.1, -0.05) is 36.4 Å². The third-order valence-electron chi connectivity index (χ3n) is 3.14. The highest BCUT2D eigenvalue weighted by Crippen LogP contribution is 2.24. The molecule has 0 bridgehead atoms. The van der Waals surface area contributed by atoms with Crippen LogP contribution in [0.3, 0.4) is 0 Å². The van der Waals surface area contributed by atoms with Crippen molar-refractivity contribution in [3.63, 3.8) is 0 Å². The van der Waals surface area contributed by atoms with E-state index in [0.717, 1.165) is 5.56 Å². The number of ether oxygens (including phenoxy) is 1. The van der Waals surface area contributed by atoms with Gasteiger partial charge >= 0.3 is 0 Å². The lowest BCUT2D eigenvalue weighted by Crippen LogP contribution is -2.29. The van der Waals surface area contributed by atoms with Crippen LogP contribution in [0.4, 0.5) is 4.39 Å². The van der Waals surface area contributed by atoms with Gasteiger partial charge in [0.2, 0.25) is 0 Å². The predicted molar refractivity (Wildman–Crippen MR) is 75.8 cm³/mol. The second-order valence-corrected chi connectivity index (χ2v) is 4.90. The molecule has 0 amide bonds. The maximum absolute atomic E-state index is 13.8. The molecule has 0 radical (unpaired) electrons. The Morgan fingerprint density at radius 3 is 2.50 bits per heavy atom. The molecule has 20 heavy (non-hydrogen) atoms. The molecule has 0 aromatic heterocycles. The Morgan fingerprint density at radius 2 is 1.90 bits per heavy atom. The van der Waals surface area contributed by atoms with Gasteiger partial charge in [0.15, 0.2) is 11.6 Å². The van der Waals surface area contributed by atoms with Crippen LogP contribution in [0.25, 0.3) is 0 Å². The summed E-state index contributed by atoms with van der Waals surface area (Å²) in [6.45, 7) is 1.88. The first-order chi connectivity index (χ1) is 9.53. The lowest BCUT2D eigenvalue weighted by Gasteiger charge is -2.24. The fourth-order valence-electron chi connectivity index (χ4n) is 1.89. The van der Waals surface area contributed by atoms with Gasteiger partial charge in [0, 0.05) is 6.54 Å². The Hall–Kier alpha value is -1.91. The summed E-state index contributed by atoms with van der Waals surface area (Å²) in [5, 5.41) is 10.4. The van der Waals surface area contributed by atoms with Crippen LogP contribution in [0.15, 0.2) is 48.5 Å². The van der Waals surface area contributed by atoms with Crippen molar-refractivity contribution in [2.45, 2.75) is 19.1 Å². The van der Waals surface area contributed by atoms with Crippen LogP contribution in [-0.2, 0) is 12.1 Å². The van der Waals surface area contributed by atoms with Crippen LogP contribution in [0.1, 0.15) is 18.1 Å². The van der Waals surface area contributed by atoms with Crippen molar-refractivity contribution in [1.82, 2.24) is 0 Å². The Balaban J connectivity index is 2.08. The van der Waals surface area contributed by atoms with E-state index in [-0.39, 0.29) is 18.9 Å². The largest absolute Gasteiger partial charge is 0.487 e. The molecule has 0 aliphatic rings. The van der Waals surface area contributed by atoms with Gasteiger partial charge in [-0.05, 0) is 30.2 Å². The maximum Gasteiger partial charge on any atom is 0.165 e. The molecular formula is C16H18FNO2. The summed E-state index contributed by atoms with van der Waals surface area (Å²) in [6.07, 6.45) is 0. The predicted octanol–water partition coefficient (Wildman–Crippen LogP) is 2.57. The first-order valence-electron chi connectivity index (χ1n) is 6.42. The third-order valence-corrected chi connectivity index (χ3v) is 3.14. The van der Waals surface area contributed by atoms with Gasteiger partial charge in [-0.15, -0.1) is 0 Å². The second kappa shape index (κ2) is 6.03. The topological polar surface area (TPSA) is 55.5 Å². The Morgan fingerprint density at radius 1 is 1.20 bits per heavy atom. The first kappa shape index (κ1) is 14.5. The van der Waals surface area contributed by atoms with Crippen molar-refractivity contribution < 1.29 is 14.2 Å². The van der Waals surface area contributed by atoms with E-state index in [0.29, 0.717) is 5.56 Å². The second-order valence-electron chi connectivity index (χ2n) is 4.90. The highest BCUT2D eigenvalue weighted by Gasteiger charge is 2.24. The normalized spacial score (nSPS) is 13.8. The van der Waals surface area contributed by atoms with Gasteiger partial charge in [0.1, 0.15) is 12.2 Å². The Kier molecular flexibility index (Phi) is 4.37. The summed E-state index contributed by atoms with van der Waals surface area (Å²) in [6, 6.07) is 13.7. The summed E-state index contributed by atoms with van der Waals surface area (Å²) in [4.78, 5) is 0. The molecule has 0 saturated heterocycles. The van der Waals surface area contributed by atoms with Crippen LogP contribution in [0.5, 0.6) is 5.75 Å². The number of rotatable bonds is 5. The van der Waals surface area contributed by atoms with E-state index >= 15 is 0 Å². The van der Waals surface area contributed by atoms with Crippen molar-refractivity contribution in [3.05, 3.63) is 65.5 Å². The molecule has 2 rings (SSSR count). The van der Waals surface area contributed by atoms with Gasteiger partial charge in [-0.2, -0.15) is 0 Å². The number of halogens is 1. The zero-order valence-electron chi connectivity index (χ0n) is 11.3. The molecule has 3 nitrogen and oxygen atoms in total. The number of hydrogen-bond donors (Lipinski definition) is 2. The van der Waals surface area contributed by atoms with E-state index in [1.807, 2.05) is 18.2 Å². The Labute approximate surface area is 117 Å². The van der Waals surface area contributed by atoms with Crippen molar-refractivity contribution in [2.75, 3.05) is 6.61 Å². The molecule has 2 aromatic carbocycles. The van der Waals surface area contributed by atoms with E-state index < -0.39 is 11.4 Å². The quantitative estimate of drug-likeness (QED) is 0.881. The van der Waals surface area contributed by atoms with Crippen molar-refractivity contribution in [1.29, 1.82) is 0 Å². The smallest absolute Gasteiger partial charge is 0.165 e. The van der Waals surface area contributed by atoms with E-state index in [1.165, 1.54) is 12.1 Å². The lowest BCUT2D eigenvalue weighted by atomic mass is 9.97. The average molecular weight is 275 g/mol. The summed E-state index contributed by atoms with van der Waals surface area (Å²) in [5.74, 6) is -0.366. The molecule has 3 N–H and O–H groups in total. The molecular weight excluding hydrogens is 257 g/mol. The van der Waals surface area contributed by atoms with Crippen LogP contribution in [0, 0.1) is 5.82 Å². The number of hydrogen-bond acceptors (Lipinski definition) is 3. The molecule has 1 atom stereocenters. The molecule has 0 saturated carbocycles. The molecule has 0 aliphatic heterocycles. The zero-order valence-corrected chi connectivity index (χ0v) is 11.3. The molecule has 0 aliphatic carbocycles. The average Bonchev–Trinajstić information content (AvgIpc) is 2.47. The standard InChI is InChI=1S/C16H18FNO2/c1-16(19,13-5-3-2-4-6-13)11-20-15-8-7-12(10-18)9-14(15)17/h2-9,19H,10-11,18H2,1H3. The summed E-state index contributed by atoms with van der Waals surface area (Å²) >= 11 is 0. The molecule has 2 aromatic rings. The van der Waals surface area contributed by atoms with Crippen molar-refractivity contribution >= 4 is 0 Å². The molecule has 1 unspecified atom stereocenters. The van der Waals surface area contributed by atoms with Crippen LogP contribution in [-0.4, -0.2) is 11.7 Å². The minimum atomic E-state index is -1.18. The van der Waals surface area contributed by atoms with Gasteiger partial charge in [-0.3, -0.25) is 0 Å². The maximum atomic E-state index is 13.8. The van der Waals surface area contributed by atoms with Gasteiger partial charge in [0.05, 0.1) is 0 Å². The van der Waals surface area contributed by atoms with E-state index in [4.69, 9.17) is 10.5 Å². The Bertz CT molecular complexity index is 570. The van der Waals surface area contributed by atoms with Crippen molar-refractivity contribution in [3.8, 4) is 5.75 Å². The van der Waals surface area contributed by atoms with Crippen LogP contribution >= 0.6 is 0 Å². The minimum absolute atomic E-state index is 0.0318. The summed E-state index contributed by atoms with van der Waals surface area (Å²) < 4.78 is 19.1. The van der Waals surface area contributed by atoms with E-state index in [9.17, 15) is 9.50 Å². The third kappa shape index (κ3) is 3.35. The molecule has 4 heteroatoms. The van der Waals surface area contributed by atoms with Gasteiger partial charge in [0.25, 0.3) is 0 Å². The minimum Gasteiger partial charge on any atom is -0.487 e. The van der Waals surface area contributed by atoms with E-state index in [1.54, 1.807) is 25.1 Å². The first-order valence-corrected chi connectivity index (χ1v) is 6.42.